The second-order valence-corrected chi connectivity index (χ2v) is 9.59. The third-order valence-electron chi connectivity index (χ3n) is 7.43. The van der Waals surface area contributed by atoms with Gasteiger partial charge < -0.3 is 5.32 Å². The zero-order valence-corrected chi connectivity index (χ0v) is 16.8. The van der Waals surface area contributed by atoms with Crippen LogP contribution >= 0.6 is 0 Å². The van der Waals surface area contributed by atoms with E-state index < -0.39 is 6.67 Å². The molecular formula is C24H24FN5. The molecule has 4 saturated carbocycles. The smallest absolute Gasteiger partial charge is 0.175 e. The van der Waals surface area contributed by atoms with Crippen LogP contribution in [0.3, 0.4) is 0 Å². The third kappa shape index (κ3) is 2.79. The van der Waals surface area contributed by atoms with Crippen LogP contribution in [0, 0.1) is 29.1 Å². The van der Waals surface area contributed by atoms with E-state index in [4.69, 9.17) is 4.98 Å². The average molecular weight is 401 g/mol. The number of nitrogens with zero attached hydrogens (tertiary/aromatic N) is 4. The Bertz CT molecular complexity index is 1120. The number of anilines is 1. The molecule has 0 radical (unpaired) electrons. The highest BCUT2D eigenvalue weighted by atomic mass is 19.1. The summed E-state index contributed by atoms with van der Waals surface area (Å²) in [6, 6.07) is 11.6. The van der Waals surface area contributed by atoms with Gasteiger partial charge in [0.05, 0.1) is 11.9 Å². The molecule has 1 N–H and O–H groups in total. The maximum Gasteiger partial charge on any atom is 0.175 e. The van der Waals surface area contributed by atoms with Gasteiger partial charge in [0.25, 0.3) is 0 Å². The highest BCUT2D eigenvalue weighted by Crippen LogP contribution is 2.56. The monoisotopic (exact) mass is 401 g/mol. The number of aromatic nitrogens is 3. The summed E-state index contributed by atoms with van der Waals surface area (Å²) in [5.74, 6) is 3.40. The summed E-state index contributed by atoms with van der Waals surface area (Å²) < 4.78 is 14.7. The summed E-state index contributed by atoms with van der Waals surface area (Å²) in [5.41, 5.74) is 3.49. The zero-order chi connectivity index (χ0) is 20.3. The van der Waals surface area contributed by atoms with Crippen LogP contribution in [0.2, 0.25) is 0 Å². The predicted octanol–water partition coefficient (Wildman–Crippen LogP) is 5.12. The molecule has 1 aromatic carbocycles. The first-order valence-electron chi connectivity index (χ1n) is 10.9. The van der Waals surface area contributed by atoms with Crippen LogP contribution in [0.1, 0.15) is 49.7 Å². The van der Waals surface area contributed by atoms with Crippen LogP contribution in [0.5, 0.6) is 0 Å². The van der Waals surface area contributed by atoms with Crippen molar-refractivity contribution in [1.82, 2.24) is 14.6 Å². The number of fused-ring (bicyclic) bond motifs is 1. The summed E-state index contributed by atoms with van der Waals surface area (Å²) in [4.78, 5) is 4.73. The quantitative estimate of drug-likeness (QED) is 0.659. The van der Waals surface area contributed by atoms with Crippen molar-refractivity contribution in [2.24, 2.45) is 17.8 Å². The molecule has 4 aliphatic rings. The van der Waals surface area contributed by atoms with E-state index in [1.807, 2.05) is 18.2 Å². The fourth-order valence-electron chi connectivity index (χ4n) is 6.58. The van der Waals surface area contributed by atoms with E-state index in [0.29, 0.717) is 16.8 Å². The van der Waals surface area contributed by atoms with Gasteiger partial charge in [-0.2, -0.15) is 14.9 Å². The Morgan fingerprint density at radius 2 is 1.77 bits per heavy atom. The minimum absolute atomic E-state index is 0.122. The topological polar surface area (TPSA) is 66.0 Å². The number of benzene rings is 1. The Morgan fingerprint density at radius 1 is 1.10 bits per heavy atom. The Morgan fingerprint density at radius 3 is 2.37 bits per heavy atom. The molecular weight excluding hydrogens is 377 g/mol. The first-order chi connectivity index (χ1) is 14.6. The number of rotatable bonds is 4. The largest absolute Gasteiger partial charge is 0.364 e. The fourth-order valence-corrected chi connectivity index (χ4v) is 6.58. The first-order valence-corrected chi connectivity index (χ1v) is 10.9. The molecule has 152 valence electrons. The maximum atomic E-state index is 12.9. The van der Waals surface area contributed by atoms with Gasteiger partial charge in [-0.1, -0.05) is 24.3 Å². The molecule has 0 amide bonds. The molecule has 4 bridgehead atoms. The lowest BCUT2D eigenvalue weighted by Gasteiger charge is -2.57. The van der Waals surface area contributed by atoms with Crippen LogP contribution in [-0.4, -0.2) is 20.1 Å². The van der Waals surface area contributed by atoms with Gasteiger partial charge in [-0.3, -0.25) is 0 Å². The van der Waals surface area contributed by atoms with Gasteiger partial charge in [0, 0.05) is 17.2 Å². The van der Waals surface area contributed by atoms with E-state index in [-0.39, 0.29) is 5.54 Å². The average Bonchev–Trinajstić information content (AvgIpc) is 3.16. The summed E-state index contributed by atoms with van der Waals surface area (Å²) >= 11 is 0. The first kappa shape index (κ1) is 17.9. The third-order valence-corrected chi connectivity index (χ3v) is 7.43. The lowest BCUT2D eigenvalue weighted by atomic mass is 9.53. The zero-order valence-electron chi connectivity index (χ0n) is 16.8. The molecule has 3 aromatic rings. The number of alkyl halides is 1. The van der Waals surface area contributed by atoms with Crippen molar-refractivity contribution >= 4 is 11.5 Å². The molecule has 0 aliphatic heterocycles. The fraction of sp³-hybridized carbons (Fsp3) is 0.458. The van der Waals surface area contributed by atoms with Gasteiger partial charge >= 0.3 is 0 Å². The molecule has 4 aliphatic carbocycles. The highest BCUT2D eigenvalue weighted by Gasteiger charge is 2.51. The molecule has 0 saturated heterocycles. The molecule has 5 nitrogen and oxygen atoms in total. The number of hydrogen-bond acceptors (Lipinski definition) is 4. The minimum Gasteiger partial charge on any atom is -0.364 e. The van der Waals surface area contributed by atoms with Crippen LogP contribution in [0.4, 0.5) is 10.2 Å². The summed E-state index contributed by atoms with van der Waals surface area (Å²) in [7, 11) is 0. The Labute approximate surface area is 174 Å². The van der Waals surface area contributed by atoms with Gasteiger partial charge in [0.1, 0.15) is 24.1 Å². The Balaban J connectivity index is 1.44. The predicted molar refractivity (Wildman–Crippen MR) is 112 cm³/mol. The molecule has 0 spiro atoms. The van der Waals surface area contributed by atoms with Crippen LogP contribution in [0.15, 0.2) is 36.5 Å². The number of nitriles is 1. The lowest BCUT2D eigenvalue weighted by molar-refractivity contribution is 0.0104. The molecule has 7 rings (SSSR count). The second-order valence-electron chi connectivity index (χ2n) is 9.59. The molecule has 2 aromatic heterocycles. The SMILES string of the molecule is N#Cc1cnn2c(NC34CC5CC(CC(C5)C3)C4)cc(-c3ccc(CF)cc3)nc12. The van der Waals surface area contributed by atoms with Crippen molar-refractivity contribution in [1.29, 1.82) is 5.26 Å². The lowest BCUT2D eigenvalue weighted by Crippen LogP contribution is -2.55. The second kappa shape index (κ2) is 6.53. The Hall–Kier alpha value is -2.94. The van der Waals surface area contributed by atoms with Crippen molar-refractivity contribution < 1.29 is 4.39 Å². The summed E-state index contributed by atoms with van der Waals surface area (Å²) in [5, 5.41) is 17.9. The van der Waals surface area contributed by atoms with Gasteiger partial charge in [-0.25, -0.2) is 9.37 Å². The van der Waals surface area contributed by atoms with Gasteiger partial charge in [0.15, 0.2) is 5.65 Å². The maximum absolute atomic E-state index is 12.9. The van der Waals surface area contributed by atoms with Crippen molar-refractivity contribution in [3.05, 3.63) is 47.7 Å². The molecule has 4 fully saturated rings. The Kier molecular flexibility index (Phi) is 3.89. The highest BCUT2D eigenvalue weighted by molar-refractivity contribution is 5.69. The van der Waals surface area contributed by atoms with Crippen molar-refractivity contribution in [3.8, 4) is 17.3 Å². The summed E-state index contributed by atoms with van der Waals surface area (Å²) in [6.07, 6.45) is 9.40. The van der Waals surface area contributed by atoms with Crippen LogP contribution < -0.4 is 5.32 Å². The normalized spacial score (nSPS) is 29.3. The van der Waals surface area contributed by atoms with Crippen LogP contribution in [0.25, 0.3) is 16.9 Å². The van der Waals surface area contributed by atoms with Gasteiger partial charge in [-0.05, 0) is 61.8 Å². The molecule has 2 heterocycles. The van der Waals surface area contributed by atoms with Crippen molar-refractivity contribution in [2.75, 3.05) is 5.32 Å². The molecule has 30 heavy (non-hydrogen) atoms. The van der Waals surface area contributed by atoms with Crippen molar-refractivity contribution in [2.45, 2.75) is 50.7 Å². The standard InChI is InChI=1S/C24H24FN5/c25-12-15-1-3-19(4-2-15)21-8-22(30-23(28-21)20(13-26)14-27-30)29-24-9-16-5-17(10-24)7-18(6-16)11-24/h1-4,8,14,16-18,29H,5-7,9-12H2. The van der Waals surface area contributed by atoms with Crippen molar-refractivity contribution in [3.63, 3.8) is 0 Å². The van der Waals surface area contributed by atoms with Gasteiger partial charge in [0.2, 0.25) is 0 Å². The minimum atomic E-state index is -0.479. The number of halogens is 1. The van der Waals surface area contributed by atoms with E-state index in [9.17, 15) is 9.65 Å². The van der Waals surface area contributed by atoms with Gasteiger partial charge in [-0.15, -0.1) is 0 Å². The van der Waals surface area contributed by atoms with E-state index in [2.05, 4.69) is 16.5 Å². The van der Waals surface area contributed by atoms with E-state index in [1.54, 1.807) is 22.8 Å². The summed E-state index contributed by atoms with van der Waals surface area (Å²) in [6.45, 7) is -0.479. The number of nitrogens with one attached hydrogen (secondary N) is 1. The number of hydrogen-bond donors (Lipinski definition) is 1. The molecule has 0 atom stereocenters. The molecule has 0 unspecified atom stereocenters. The van der Waals surface area contributed by atoms with E-state index in [1.165, 1.54) is 38.5 Å². The van der Waals surface area contributed by atoms with E-state index >= 15 is 0 Å². The van der Waals surface area contributed by atoms with Crippen LogP contribution in [-0.2, 0) is 6.67 Å². The van der Waals surface area contributed by atoms with E-state index in [0.717, 1.165) is 34.8 Å². The molecule has 6 heteroatoms.